The Balaban J connectivity index is 2.60. The van der Waals surface area contributed by atoms with E-state index in [1.807, 2.05) is 0 Å². The lowest BCUT2D eigenvalue weighted by atomic mass is 9.87. The van der Waals surface area contributed by atoms with Crippen molar-refractivity contribution < 1.29 is 19.5 Å². The predicted molar refractivity (Wildman–Crippen MR) is 81.2 cm³/mol. The van der Waals surface area contributed by atoms with Crippen LogP contribution in [0.4, 0.5) is 11.4 Å². The van der Waals surface area contributed by atoms with Crippen molar-refractivity contribution in [3.8, 4) is 0 Å². The molecule has 0 aromatic heterocycles. The van der Waals surface area contributed by atoms with Crippen molar-refractivity contribution in [2.75, 3.05) is 23.4 Å². The van der Waals surface area contributed by atoms with E-state index in [4.69, 9.17) is 5.73 Å². The zero-order valence-electron chi connectivity index (χ0n) is 12.7. The van der Waals surface area contributed by atoms with Gasteiger partial charge in [0.25, 0.3) is 0 Å². The lowest BCUT2D eigenvalue weighted by Crippen LogP contribution is -2.56. The molecule has 1 aromatic carbocycles. The molecule has 3 N–H and O–H groups in total. The highest BCUT2D eigenvalue weighted by molar-refractivity contribution is 6.07. The van der Waals surface area contributed by atoms with Gasteiger partial charge in [-0.3, -0.25) is 14.4 Å². The van der Waals surface area contributed by atoms with Crippen molar-refractivity contribution in [1.29, 1.82) is 0 Å². The molecule has 0 saturated heterocycles. The zero-order chi connectivity index (χ0) is 16.7. The van der Waals surface area contributed by atoms with Gasteiger partial charge < -0.3 is 20.6 Å². The molecule has 3 amide bonds. The first kappa shape index (κ1) is 16.0. The van der Waals surface area contributed by atoms with Crippen molar-refractivity contribution in [2.45, 2.75) is 19.4 Å². The number of nitrogens with two attached hydrogens (primary N) is 1. The topological polar surface area (TPSA) is 104 Å². The minimum atomic E-state index is -2.05. The third-order valence-corrected chi connectivity index (χ3v) is 4.09. The van der Waals surface area contributed by atoms with Crippen LogP contribution in [0.15, 0.2) is 24.3 Å². The van der Waals surface area contributed by atoms with Crippen molar-refractivity contribution in [3.05, 3.63) is 24.3 Å². The van der Waals surface area contributed by atoms with E-state index >= 15 is 0 Å². The van der Waals surface area contributed by atoms with Crippen molar-refractivity contribution in [3.63, 3.8) is 0 Å². The van der Waals surface area contributed by atoms with Crippen LogP contribution >= 0.6 is 0 Å². The number of anilines is 2. The number of aliphatic hydroxyl groups is 1. The molecule has 0 radical (unpaired) electrons. The number of carbonyl (C=O) groups is 3. The first-order valence-electron chi connectivity index (χ1n) is 6.85. The third-order valence-electron chi connectivity index (χ3n) is 4.09. The summed E-state index contributed by atoms with van der Waals surface area (Å²) in [6.07, 6.45) is 0. The largest absolute Gasteiger partial charge is 0.379 e. The number of primary amides is 1. The van der Waals surface area contributed by atoms with Crippen LogP contribution in [0.25, 0.3) is 0 Å². The molecule has 2 rings (SSSR count). The Labute approximate surface area is 128 Å². The molecule has 1 heterocycles. The van der Waals surface area contributed by atoms with Crippen molar-refractivity contribution in [2.24, 2.45) is 11.7 Å². The molecule has 1 aliphatic rings. The molecule has 0 spiro atoms. The van der Waals surface area contributed by atoms with E-state index in [1.54, 1.807) is 24.3 Å². The number of fused-ring (bicyclic) bond motifs is 1. The van der Waals surface area contributed by atoms with Gasteiger partial charge in [0.15, 0.2) is 5.60 Å². The summed E-state index contributed by atoms with van der Waals surface area (Å²) in [5.74, 6) is -2.92. The highest BCUT2D eigenvalue weighted by Gasteiger charge is 2.47. The van der Waals surface area contributed by atoms with Crippen LogP contribution in [0, 0.1) is 5.92 Å². The molecule has 0 saturated carbocycles. The maximum absolute atomic E-state index is 12.6. The smallest absolute Gasteiger partial charge is 0.250 e. The second-order valence-electron chi connectivity index (χ2n) is 5.58. The summed E-state index contributed by atoms with van der Waals surface area (Å²) in [7, 11) is 1.54. The SMILES string of the molecule is CC(=O)N1C[C@@H](C(C)(O)C(N)=O)C(=O)N(C)c2ccccc21. The van der Waals surface area contributed by atoms with Gasteiger partial charge in [-0.2, -0.15) is 0 Å². The molecule has 0 bridgehead atoms. The van der Waals surface area contributed by atoms with Gasteiger partial charge in [0, 0.05) is 20.5 Å². The van der Waals surface area contributed by atoms with Gasteiger partial charge in [0.2, 0.25) is 17.7 Å². The van der Waals surface area contributed by atoms with Gasteiger partial charge >= 0.3 is 0 Å². The van der Waals surface area contributed by atoms with Crippen LogP contribution < -0.4 is 15.5 Å². The maximum atomic E-state index is 12.6. The second kappa shape index (κ2) is 5.42. The molecular weight excluding hydrogens is 286 g/mol. The van der Waals surface area contributed by atoms with E-state index in [1.165, 1.54) is 30.7 Å². The Morgan fingerprint density at radius 3 is 2.36 bits per heavy atom. The number of nitrogens with zero attached hydrogens (tertiary/aromatic N) is 2. The summed E-state index contributed by atoms with van der Waals surface area (Å²) in [4.78, 5) is 38.9. The molecular formula is C15H19N3O4. The number of carbonyl (C=O) groups excluding carboxylic acids is 3. The summed E-state index contributed by atoms with van der Waals surface area (Å²) in [5, 5.41) is 10.3. The lowest BCUT2D eigenvalue weighted by molar-refractivity contribution is -0.147. The van der Waals surface area contributed by atoms with E-state index in [9.17, 15) is 19.5 Å². The first-order chi connectivity index (χ1) is 10.2. The number of rotatable bonds is 2. The molecule has 22 heavy (non-hydrogen) atoms. The fraction of sp³-hybridized carbons (Fsp3) is 0.400. The minimum absolute atomic E-state index is 0.120. The van der Waals surface area contributed by atoms with Gasteiger partial charge in [-0.25, -0.2) is 0 Å². The Bertz CT molecular complexity index is 641. The monoisotopic (exact) mass is 305 g/mol. The number of hydrogen-bond donors (Lipinski definition) is 2. The molecule has 1 unspecified atom stereocenters. The average Bonchev–Trinajstić information content (AvgIpc) is 2.56. The highest BCUT2D eigenvalue weighted by Crippen LogP contribution is 2.35. The molecule has 0 aliphatic carbocycles. The van der Waals surface area contributed by atoms with Gasteiger partial charge in [-0.15, -0.1) is 0 Å². The molecule has 1 aromatic rings. The summed E-state index contributed by atoms with van der Waals surface area (Å²) >= 11 is 0. The number of para-hydroxylation sites is 2. The lowest BCUT2D eigenvalue weighted by Gasteiger charge is -2.31. The number of amides is 3. The Hall–Kier alpha value is -2.41. The molecule has 0 fully saturated rings. The van der Waals surface area contributed by atoms with Gasteiger partial charge in [-0.1, -0.05) is 12.1 Å². The normalized spacial score (nSPS) is 20.9. The van der Waals surface area contributed by atoms with Crippen LogP contribution in [-0.2, 0) is 14.4 Å². The fourth-order valence-electron chi connectivity index (χ4n) is 2.58. The van der Waals surface area contributed by atoms with Crippen LogP contribution in [-0.4, -0.2) is 42.0 Å². The van der Waals surface area contributed by atoms with E-state index in [2.05, 4.69) is 0 Å². The van der Waals surface area contributed by atoms with Gasteiger partial charge in [-0.05, 0) is 19.1 Å². The summed E-state index contributed by atoms with van der Waals surface area (Å²) in [6, 6.07) is 6.90. The standard InChI is InChI=1S/C15H19N3O4/c1-9(19)18-8-10(15(2,22)14(16)21)13(20)17(3)11-6-4-5-7-12(11)18/h4-7,10,22H,8H2,1-3H3,(H2,16,21)/t10-,15?/m1/s1. The van der Waals surface area contributed by atoms with Crippen LogP contribution in [0.5, 0.6) is 0 Å². The molecule has 1 aliphatic heterocycles. The summed E-state index contributed by atoms with van der Waals surface area (Å²) in [6.45, 7) is 2.44. The first-order valence-corrected chi connectivity index (χ1v) is 6.85. The van der Waals surface area contributed by atoms with E-state index in [0.29, 0.717) is 11.4 Å². The van der Waals surface area contributed by atoms with Crippen LogP contribution in [0.3, 0.4) is 0 Å². The minimum Gasteiger partial charge on any atom is -0.379 e. The van der Waals surface area contributed by atoms with Crippen molar-refractivity contribution >= 4 is 29.1 Å². The molecule has 118 valence electrons. The number of benzene rings is 1. The summed E-state index contributed by atoms with van der Waals surface area (Å²) < 4.78 is 0. The van der Waals surface area contributed by atoms with Gasteiger partial charge in [0.05, 0.1) is 17.3 Å². The summed E-state index contributed by atoms with van der Waals surface area (Å²) in [5.41, 5.74) is 4.25. The predicted octanol–water partition coefficient (Wildman–Crippen LogP) is -0.132. The van der Waals surface area contributed by atoms with Crippen LogP contribution in [0.1, 0.15) is 13.8 Å². The zero-order valence-corrected chi connectivity index (χ0v) is 12.7. The van der Waals surface area contributed by atoms with Crippen LogP contribution in [0.2, 0.25) is 0 Å². The van der Waals surface area contributed by atoms with E-state index < -0.39 is 23.3 Å². The Kier molecular flexibility index (Phi) is 3.93. The quantitative estimate of drug-likeness (QED) is 0.794. The molecule has 7 nitrogen and oxygen atoms in total. The van der Waals surface area contributed by atoms with Crippen molar-refractivity contribution in [1.82, 2.24) is 0 Å². The maximum Gasteiger partial charge on any atom is 0.250 e. The fourth-order valence-corrected chi connectivity index (χ4v) is 2.58. The highest BCUT2D eigenvalue weighted by atomic mass is 16.3. The third kappa shape index (κ3) is 2.43. The molecule has 2 atom stereocenters. The molecule has 7 heteroatoms. The van der Waals surface area contributed by atoms with Gasteiger partial charge in [0.1, 0.15) is 0 Å². The Morgan fingerprint density at radius 2 is 1.86 bits per heavy atom. The second-order valence-corrected chi connectivity index (χ2v) is 5.58. The number of hydrogen-bond acceptors (Lipinski definition) is 4. The van der Waals surface area contributed by atoms with E-state index in [0.717, 1.165) is 0 Å². The Morgan fingerprint density at radius 1 is 1.32 bits per heavy atom. The van der Waals surface area contributed by atoms with E-state index in [-0.39, 0.29) is 12.5 Å². The average molecular weight is 305 g/mol.